The van der Waals surface area contributed by atoms with E-state index in [1.54, 1.807) is 0 Å². The second kappa shape index (κ2) is 6.70. The van der Waals surface area contributed by atoms with Crippen molar-refractivity contribution >= 4 is 11.4 Å². The SMILES string of the molecule is Nc1ccc(C(c2ccc(N)c(OO)c2)(C(F)(F)F)C(F)(F)F)cc1OO. The number of benzene rings is 2. The van der Waals surface area contributed by atoms with Crippen LogP contribution in [-0.2, 0) is 5.41 Å². The Morgan fingerprint density at radius 2 is 1.00 bits per heavy atom. The normalized spacial score (nSPS) is 12.7. The van der Waals surface area contributed by atoms with E-state index in [2.05, 4.69) is 9.78 Å². The molecule has 2 rings (SSSR count). The molecule has 0 saturated carbocycles. The summed E-state index contributed by atoms with van der Waals surface area (Å²) in [6.45, 7) is 0. The van der Waals surface area contributed by atoms with Gasteiger partial charge in [-0.25, -0.2) is 10.5 Å². The minimum atomic E-state index is -5.91. The van der Waals surface area contributed by atoms with Gasteiger partial charge < -0.3 is 21.2 Å². The lowest BCUT2D eigenvalue weighted by atomic mass is 9.72. The van der Waals surface area contributed by atoms with Crippen LogP contribution in [-0.4, -0.2) is 22.9 Å². The minimum Gasteiger partial charge on any atom is -0.396 e. The van der Waals surface area contributed by atoms with Gasteiger partial charge in [-0.15, -0.1) is 0 Å². The Morgan fingerprint density at radius 3 is 1.26 bits per heavy atom. The molecule has 0 unspecified atom stereocenters. The summed E-state index contributed by atoms with van der Waals surface area (Å²) in [5, 5.41) is 17.4. The van der Waals surface area contributed by atoms with Crippen LogP contribution in [0.25, 0.3) is 0 Å². The summed E-state index contributed by atoms with van der Waals surface area (Å²) < 4.78 is 83.6. The van der Waals surface area contributed by atoms with E-state index in [-0.39, 0.29) is 0 Å². The van der Waals surface area contributed by atoms with Crippen molar-refractivity contribution in [3.8, 4) is 11.5 Å². The molecule has 27 heavy (non-hydrogen) atoms. The van der Waals surface area contributed by atoms with Crippen molar-refractivity contribution in [1.82, 2.24) is 0 Å². The molecule has 148 valence electrons. The average Bonchev–Trinajstić information content (AvgIpc) is 2.55. The fourth-order valence-electron chi connectivity index (χ4n) is 2.68. The lowest BCUT2D eigenvalue weighted by Crippen LogP contribution is -2.54. The van der Waals surface area contributed by atoms with E-state index in [1.165, 1.54) is 0 Å². The molecule has 0 aliphatic rings. The third-order valence-corrected chi connectivity index (χ3v) is 3.94. The van der Waals surface area contributed by atoms with Crippen LogP contribution in [0, 0.1) is 0 Å². The minimum absolute atomic E-state index is 0.312. The van der Waals surface area contributed by atoms with Crippen molar-refractivity contribution in [2.75, 3.05) is 11.5 Å². The van der Waals surface area contributed by atoms with Gasteiger partial charge in [0.05, 0.1) is 11.4 Å². The number of halogens is 6. The van der Waals surface area contributed by atoms with Crippen LogP contribution in [0.3, 0.4) is 0 Å². The largest absolute Gasteiger partial charge is 0.411 e. The zero-order valence-electron chi connectivity index (χ0n) is 13.1. The van der Waals surface area contributed by atoms with Gasteiger partial charge in [0.2, 0.25) is 5.41 Å². The van der Waals surface area contributed by atoms with Crippen molar-refractivity contribution in [3.63, 3.8) is 0 Å². The van der Waals surface area contributed by atoms with Gasteiger partial charge in [0.1, 0.15) is 0 Å². The molecule has 0 fully saturated rings. The van der Waals surface area contributed by atoms with Crippen LogP contribution in [0.4, 0.5) is 37.7 Å². The van der Waals surface area contributed by atoms with Gasteiger partial charge in [0, 0.05) is 0 Å². The zero-order valence-corrected chi connectivity index (χ0v) is 13.1. The first-order valence-corrected chi connectivity index (χ1v) is 6.96. The summed E-state index contributed by atoms with van der Waals surface area (Å²) in [5.41, 5.74) is 2.67. The van der Waals surface area contributed by atoms with Gasteiger partial charge in [-0.05, 0) is 35.4 Å². The molecule has 0 amide bonds. The summed E-state index contributed by atoms with van der Waals surface area (Å²) in [7, 11) is 0. The van der Waals surface area contributed by atoms with E-state index < -0.39 is 51.8 Å². The highest BCUT2D eigenvalue weighted by molar-refractivity contribution is 5.60. The molecule has 0 aliphatic heterocycles. The first-order valence-electron chi connectivity index (χ1n) is 6.96. The molecule has 0 bridgehead atoms. The molecule has 6 nitrogen and oxygen atoms in total. The van der Waals surface area contributed by atoms with Gasteiger partial charge >= 0.3 is 12.4 Å². The highest BCUT2D eigenvalue weighted by Crippen LogP contribution is 2.57. The molecule has 0 radical (unpaired) electrons. The predicted octanol–water partition coefficient (Wildman–Crippen LogP) is 3.97. The van der Waals surface area contributed by atoms with E-state index in [1.807, 2.05) is 0 Å². The first kappa shape index (κ1) is 20.5. The maximum Gasteiger partial charge on any atom is 0.411 e. The predicted molar refractivity (Wildman–Crippen MR) is 81.1 cm³/mol. The Kier molecular flexibility index (Phi) is 5.08. The monoisotopic (exact) mass is 398 g/mol. The lowest BCUT2D eigenvalue weighted by Gasteiger charge is -2.38. The number of anilines is 2. The summed E-state index contributed by atoms with van der Waals surface area (Å²) in [6.07, 6.45) is -11.8. The molecule has 2 aromatic rings. The van der Waals surface area contributed by atoms with E-state index >= 15 is 0 Å². The third-order valence-electron chi connectivity index (χ3n) is 3.94. The quantitative estimate of drug-likeness (QED) is 0.269. The maximum atomic E-state index is 13.9. The van der Waals surface area contributed by atoms with Crippen LogP contribution in [0.2, 0.25) is 0 Å². The second-order valence-electron chi connectivity index (χ2n) is 5.43. The molecule has 0 heterocycles. The van der Waals surface area contributed by atoms with Crippen LogP contribution in [0.5, 0.6) is 11.5 Å². The first-order chi connectivity index (χ1) is 12.4. The van der Waals surface area contributed by atoms with Crippen molar-refractivity contribution in [3.05, 3.63) is 47.5 Å². The maximum absolute atomic E-state index is 13.9. The third kappa shape index (κ3) is 3.17. The fraction of sp³-hybridized carbons (Fsp3) is 0.200. The van der Waals surface area contributed by atoms with Crippen LogP contribution in [0.1, 0.15) is 11.1 Å². The molecule has 12 heteroatoms. The molecule has 6 N–H and O–H groups in total. The van der Waals surface area contributed by atoms with Gasteiger partial charge in [0.15, 0.2) is 11.5 Å². The van der Waals surface area contributed by atoms with E-state index in [9.17, 15) is 26.3 Å². The number of hydrogen-bond donors (Lipinski definition) is 4. The number of nitrogen functional groups attached to an aromatic ring is 2. The van der Waals surface area contributed by atoms with E-state index in [0.717, 1.165) is 0 Å². The number of nitrogens with two attached hydrogens (primary N) is 2. The van der Waals surface area contributed by atoms with Crippen LogP contribution >= 0.6 is 0 Å². The van der Waals surface area contributed by atoms with Crippen LogP contribution < -0.4 is 21.2 Å². The second-order valence-corrected chi connectivity index (χ2v) is 5.43. The standard InChI is InChI=1S/C15H12F6N2O4/c16-14(17,18)13(15(19,20)21,7-1-3-9(22)11(5-7)26-24)8-2-4-10(23)12(6-8)27-25/h1-6,24-25H,22-23H2. The Balaban J connectivity index is 2.96. The van der Waals surface area contributed by atoms with E-state index in [4.69, 9.17) is 22.0 Å². The van der Waals surface area contributed by atoms with Gasteiger partial charge in [0.25, 0.3) is 0 Å². The number of hydrogen-bond acceptors (Lipinski definition) is 6. The number of rotatable bonds is 4. The van der Waals surface area contributed by atoms with Crippen molar-refractivity contribution in [2.24, 2.45) is 0 Å². The van der Waals surface area contributed by atoms with Crippen molar-refractivity contribution < 1.29 is 46.6 Å². The summed E-state index contributed by atoms with van der Waals surface area (Å²) >= 11 is 0. The zero-order chi connectivity index (χ0) is 20.6. The molecular weight excluding hydrogens is 386 g/mol. The smallest absolute Gasteiger partial charge is 0.396 e. The summed E-state index contributed by atoms with van der Waals surface area (Å²) in [6, 6.07) is 3.05. The van der Waals surface area contributed by atoms with Crippen LogP contribution in [0.15, 0.2) is 36.4 Å². The van der Waals surface area contributed by atoms with Crippen molar-refractivity contribution in [1.29, 1.82) is 0 Å². The average molecular weight is 398 g/mol. The lowest BCUT2D eigenvalue weighted by molar-refractivity contribution is -0.288. The van der Waals surface area contributed by atoms with Gasteiger partial charge in [-0.1, -0.05) is 12.1 Å². The summed E-state index contributed by atoms with van der Waals surface area (Å²) in [4.78, 5) is 7.52. The Hall–Kier alpha value is -2.86. The van der Waals surface area contributed by atoms with Crippen molar-refractivity contribution in [2.45, 2.75) is 17.8 Å². The van der Waals surface area contributed by atoms with E-state index in [0.29, 0.717) is 36.4 Å². The molecule has 2 aromatic carbocycles. The molecular formula is C15H12F6N2O4. The van der Waals surface area contributed by atoms with Gasteiger partial charge in [-0.2, -0.15) is 26.3 Å². The topological polar surface area (TPSA) is 111 Å². The molecule has 0 saturated heterocycles. The number of alkyl halides is 6. The molecule has 0 aliphatic carbocycles. The van der Waals surface area contributed by atoms with Gasteiger partial charge in [-0.3, -0.25) is 0 Å². The molecule has 0 atom stereocenters. The molecule has 0 aromatic heterocycles. The fourth-order valence-corrected chi connectivity index (χ4v) is 2.68. The highest BCUT2D eigenvalue weighted by Gasteiger charge is 2.72. The highest BCUT2D eigenvalue weighted by atomic mass is 19.4. The Labute approximate surface area is 147 Å². The Morgan fingerprint density at radius 1 is 0.667 bits per heavy atom. The summed E-state index contributed by atoms with van der Waals surface area (Å²) in [5.74, 6) is -1.61. The molecule has 0 spiro atoms. The Bertz CT molecular complexity index is 769.